The highest BCUT2D eigenvalue weighted by atomic mass is 16.2. The topological polar surface area (TPSA) is 57.3 Å². The highest BCUT2D eigenvalue weighted by Gasteiger charge is 2.32. The number of hydrogen-bond acceptors (Lipinski definition) is 3. The molecule has 1 unspecified atom stereocenters. The van der Waals surface area contributed by atoms with Crippen molar-refractivity contribution in [3.05, 3.63) is 108 Å². The van der Waals surface area contributed by atoms with Crippen LogP contribution in [0.4, 0.5) is 10.5 Å². The summed E-state index contributed by atoms with van der Waals surface area (Å²) in [5.74, 6) is 0.274. The number of amides is 2. The van der Waals surface area contributed by atoms with E-state index in [1.54, 1.807) is 0 Å². The number of pyridine rings is 1. The molecule has 5 heteroatoms. The van der Waals surface area contributed by atoms with Gasteiger partial charge in [0.2, 0.25) is 0 Å². The van der Waals surface area contributed by atoms with Gasteiger partial charge in [-0.05, 0) is 43.5 Å². The maximum atomic E-state index is 12.9. The van der Waals surface area contributed by atoms with E-state index >= 15 is 0 Å². The van der Waals surface area contributed by atoms with Gasteiger partial charge < -0.3 is 10.6 Å². The second-order valence-electron chi connectivity index (χ2n) is 9.45. The number of urea groups is 1. The van der Waals surface area contributed by atoms with Gasteiger partial charge in [-0.2, -0.15) is 0 Å². The molecule has 2 N–H and O–H groups in total. The lowest BCUT2D eigenvalue weighted by atomic mass is 9.85. The van der Waals surface area contributed by atoms with E-state index < -0.39 is 0 Å². The predicted molar refractivity (Wildman–Crippen MR) is 143 cm³/mol. The maximum Gasteiger partial charge on any atom is 0.319 e. The van der Waals surface area contributed by atoms with Crippen molar-refractivity contribution < 1.29 is 4.79 Å². The van der Waals surface area contributed by atoms with Crippen LogP contribution in [0.15, 0.2) is 91.0 Å². The van der Waals surface area contributed by atoms with E-state index in [0.29, 0.717) is 6.04 Å². The molecule has 1 aliphatic heterocycles. The molecule has 1 saturated heterocycles. The minimum atomic E-state index is -0.164. The molecular weight excluding hydrogens is 432 g/mol. The molecule has 1 fully saturated rings. The second-order valence-corrected chi connectivity index (χ2v) is 9.45. The van der Waals surface area contributed by atoms with Crippen LogP contribution in [-0.2, 0) is 0 Å². The molecule has 178 valence electrons. The van der Waals surface area contributed by atoms with Crippen LogP contribution in [0.25, 0.3) is 10.9 Å². The minimum absolute atomic E-state index is 0.110. The molecular formula is C30H32N4O. The number of carbonyl (C=O) groups is 1. The smallest absolute Gasteiger partial charge is 0.319 e. The molecule has 2 atom stereocenters. The molecule has 5 rings (SSSR count). The standard InChI is InChI=1S/C30H32N4O/c1-21-19-28(26-15-9-10-16-27(26)31-21)33-30(35)32-25-17-18-34(20-25)22(2)29(23-11-5-3-6-12-23)24-13-7-4-8-14-24/h3-16,19,22,25,29H,17-18,20H2,1-2H3,(H2,31,32,33,35)/t22-,25?/m1/s1. The van der Waals surface area contributed by atoms with Crippen molar-refractivity contribution in [3.8, 4) is 0 Å². The Morgan fingerprint density at radius 2 is 1.57 bits per heavy atom. The van der Waals surface area contributed by atoms with Crippen molar-refractivity contribution in [3.63, 3.8) is 0 Å². The van der Waals surface area contributed by atoms with E-state index in [0.717, 1.165) is 41.8 Å². The lowest BCUT2D eigenvalue weighted by Crippen LogP contribution is -2.42. The number of anilines is 1. The molecule has 5 nitrogen and oxygen atoms in total. The molecule has 1 aliphatic rings. The quantitative estimate of drug-likeness (QED) is 0.370. The Labute approximate surface area is 207 Å². The molecule has 3 aromatic carbocycles. The molecule has 35 heavy (non-hydrogen) atoms. The van der Waals surface area contributed by atoms with Gasteiger partial charge in [0.1, 0.15) is 0 Å². The third kappa shape index (κ3) is 5.20. The fourth-order valence-electron chi connectivity index (χ4n) is 5.31. The maximum absolute atomic E-state index is 12.9. The fraction of sp³-hybridized carbons (Fsp3) is 0.267. The number of carbonyl (C=O) groups excluding carboxylic acids is 1. The van der Waals surface area contributed by atoms with Gasteiger partial charge >= 0.3 is 6.03 Å². The van der Waals surface area contributed by atoms with Gasteiger partial charge in [0.05, 0.1) is 11.2 Å². The average Bonchev–Trinajstić information content (AvgIpc) is 3.34. The Morgan fingerprint density at radius 1 is 0.943 bits per heavy atom. The van der Waals surface area contributed by atoms with Gasteiger partial charge in [-0.3, -0.25) is 9.88 Å². The Hall–Kier alpha value is -3.70. The largest absolute Gasteiger partial charge is 0.334 e. The molecule has 2 amide bonds. The lowest BCUT2D eigenvalue weighted by Gasteiger charge is -2.33. The monoisotopic (exact) mass is 464 g/mol. The molecule has 2 heterocycles. The van der Waals surface area contributed by atoms with Crippen LogP contribution < -0.4 is 10.6 Å². The SMILES string of the molecule is Cc1cc(NC(=O)NC2CCN([C@H](C)C(c3ccccc3)c3ccccc3)C2)c2ccccc2n1. The van der Waals surface area contributed by atoms with Gasteiger partial charge in [-0.15, -0.1) is 0 Å². The van der Waals surface area contributed by atoms with E-state index in [-0.39, 0.29) is 18.0 Å². The molecule has 0 saturated carbocycles. The summed E-state index contributed by atoms with van der Waals surface area (Å²) in [7, 11) is 0. The number of para-hydroxylation sites is 1. The Morgan fingerprint density at radius 3 is 2.26 bits per heavy atom. The zero-order chi connectivity index (χ0) is 24.2. The lowest BCUT2D eigenvalue weighted by molar-refractivity contribution is 0.229. The summed E-state index contributed by atoms with van der Waals surface area (Å²) in [5.41, 5.74) is 5.20. The van der Waals surface area contributed by atoms with Crippen LogP contribution in [0.2, 0.25) is 0 Å². The number of likely N-dealkylation sites (tertiary alicyclic amines) is 1. The third-order valence-corrected chi connectivity index (χ3v) is 7.02. The van der Waals surface area contributed by atoms with Gasteiger partial charge in [0.25, 0.3) is 0 Å². The zero-order valence-corrected chi connectivity index (χ0v) is 20.3. The second kappa shape index (κ2) is 10.3. The Balaban J connectivity index is 1.27. The van der Waals surface area contributed by atoms with Crippen molar-refractivity contribution >= 4 is 22.6 Å². The zero-order valence-electron chi connectivity index (χ0n) is 20.3. The Kier molecular flexibility index (Phi) is 6.77. The summed E-state index contributed by atoms with van der Waals surface area (Å²) < 4.78 is 0. The summed E-state index contributed by atoms with van der Waals surface area (Å²) in [6.07, 6.45) is 0.935. The van der Waals surface area contributed by atoms with E-state index in [2.05, 4.69) is 88.1 Å². The molecule has 4 aromatic rings. The summed E-state index contributed by atoms with van der Waals surface area (Å²) in [6.45, 7) is 6.04. The van der Waals surface area contributed by atoms with Crippen LogP contribution >= 0.6 is 0 Å². The van der Waals surface area contributed by atoms with Crippen molar-refractivity contribution in [1.29, 1.82) is 0 Å². The van der Waals surface area contributed by atoms with Crippen molar-refractivity contribution in [2.24, 2.45) is 0 Å². The van der Waals surface area contributed by atoms with Crippen molar-refractivity contribution in [1.82, 2.24) is 15.2 Å². The van der Waals surface area contributed by atoms with E-state index in [1.165, 1.54) is 11.1 Å². The van der Waals surface area contributed by atoms with Crippen LogP contribution in [0, 0.1) is 6.92 Å². The predicted octanol–water partition coefficient (Wildman–Crippen LogP) is 5.96. The van der Waals surface area contributed by atoms with Gasteiger partial charge in [-0.25, -0.2) is 4.79 Å². The first kappa shape index (κ1) is 23.1. The van der Waals surface area contributed by atoms with Gasteiger partial charge in [0, 0.05) is 42.2 Å². The molecule has 0 bridgehead atoms. The number of rotatable bonds is 6. The number of nitrogens with zero attached hydrogens (tertiary/aromatic N) is 2. The summed E-state index contributed by atoms with van der Waals surface area (Å²) in [5, 5.41) is 7.21. The fourth-order valence-corrected chi connectivity index (χ4v) is 5.31. The van der Waals surface area contributed by atoms with Crippen LogP contribution in [0.3, 0.4) is 0 Å². The average molecular weight is 465 g/mol. The first-order chi connectivity index (χ1) is 17.1. The van der Waals surface area contributed by atoms with Crippen LogP contribution in [-0.4, -0.2) is 41.1 Å². The van der Waals surface area contributed by atoms with Gasteiger partial charge in [0.15, 0.2) is 0 Å². The van der Waals surface area contributed by atoms with E-state index in [9.17, 15) is 4.79 Å². The van der Waals surface area contributed by atoms with Crippen LogP contribution in [0.5, 0.6) is 0 Å². The number of aromatic nitrogens is 1. The van der Waals surface area contributed by atoms with Crippen LogP contribution in [0.1, 0.15) is 36.1 Å². The highest BCUT2D eigenvalue weighted by Crippen LogP contribution is 2.32. The van der Waals surface area contributed by atoms with Gasteiger partial charge in [-0.1, -0.05) is 78.9 Å². The molecule has 1 aromatic heterocycles. The number of benzene rings is 3. The van der Waals surface area contributed by atoms with E-state index in [4.69, 9.17) is 0 Å². The first-order valence-corrected chi connectivity index (χ1v) is 12.4. The van der Waals surface area contributed by atoms with E-state index in [1.807, 2.05) is 37.3 Å². The molecule has 0 spiro atoms. The summed E-state index contributed by atoms with van der Waals surface area (Å²) in [6, 6.07) is 31.5. The first-order valence-electron chi connectivity index (χ1n) is 12.4. The normalized spacial score (nSPS) is 16.9. The number of nitrogens with one attached hydrogen (secondary N) is 2. The number of hydrogen-bond donors (Lipinski definition) is 2. The molecule has 0 aliphatic carbocycles. The summed E-state index contributed by atoms with van der Waals surface area (Å²) >= 11 is 0. The summed E-state index contributed by atoms with van der Waals surface area (Å²) in [4.78, 5) is 20.0. The van der Waals surface area contributed by atoms with Crippen molar-refractivity contribution in [2.45, 2.75) is 38.3 Å². The Bertz CT molecular complexity index is 1250. The number of aryl methyl sites for hydroxylation is 1. The molecule has 0 radical (unpaired) electrons. The minimum Gasteiger partial charge on any atom is -0.334 e. The highest BCUT2D eigenvalue weighted by molar-refractivity contribution is 6.00. The number of fused-ring (bicyclic) bond motifs is 1. The van der Waals surface area contributed by atoms with Crippen molar-refractivity contribution in [2.75, 3.05) is 18.4 Å². The third-order valence-electron chi connectivity index (χ3n) is 7.02.